The molecule has 1 aromatic rings. The summed E-state index contributed by atoms with van der Waals surface area (Å²) < 4.78 is 5.93. The van der Waals surface area contributed by atoms with E-state index in [1.165, 1.54) is 17.8 Å². The SMILES string of the molecule is CC(C)C1CC(NC2CC2)(c2nccs2)CCO1. The van der Waals surface area contributed by atoms with Crippen LogP contribution in [0.5, 0.6) is 0 Å². The molecule has 3 rings (SSSR count). The van der Waals surface area contributed by atoms with E-state index < -0.39 is 0 Å². The number of thiazole rings is 1. The van der Waals surface area contributed by atoms with Gasteiger partial charge >= 0.3 is 0 Å². The number of nitrogens with one attached hydrogen (secondary N) is 1. The van der Waals surface area contributed by atoms with E-state index in [9.17, 15) is 0 Å². The molecule has 3 nitrogen and oxygen atoms in total. The van der Waals surface area contributed by atoms with Crippen LogP contribution in [0.25, 0.3) is 0 Å². The summed E-state index contributed by atoms with van der Waals surface area (Å²) in [4.78, 5) is 4.59. The van der Waals surface area contributed by atoms with Crippen LogP contribution in [-0.4, -0.2) is 23.7 Å². The average Bonchev–Trinajstić information content (AvgIpc) is 2.98. The summed E-state index contributed by atoms with van der Waals surface area (Å²) >= 11 is 1.78. The molecule has 1 aliphatic carbocycles. The van der Waals surface area contributed by atoms with E-state index in [0.29, 0.717) is 18.1 Å². The minimum absolute atomic E-state index is 0.0719. The highest BCUT2D eigenvalue weighted by atomic mass is 32.1. The highest BCUT2D eigenvalue weighted by molar-refractivity contribution is 7.09. The van der Waals surface area contributed by atoms with Crippen LogP contribution in [0.15, 0.2) is 11.6 Å². The lowest BCUT2D eigenvalue weighted by Gasteiger charge is -2.42. The number of hydrogen-bond donors (Lipinski definition) is 1. The summed E-state index contributed by atoms with van der Waals surface area (Å²) in [6, 6.07) is 0.708. The number of aromatic nitrogens is 1. The molecule has 100 valence electrons. The third kappa shape index (κ3) is 2.46. The van der Waals surface area contributed by atoms with Crippen molar-refractivity contribution in [3.8, 4) is 0 Å². The minimum atomic E-state index is 0.0719. The lowest BCUT2D eigenvalue weighted by atomic mass is 9.83. The van der Waals surface area contributed by atoms with E-state index in [-0.39, 0.29) is 5.54 Å². The van der Waals surface area contributed by atoms with Gasteiger partial charge in [0.05, 0.1) is 11.6 Å². The predicted octanol–water partition coefficient (Wildman–Crippen LogP) is 2.93. The third-order valence-electron chi connectivity index (χ3n) is 4.05. The highest BCUT2D eigenvalue weighted by Crippen LogP contribution is 2.40. The summed E-state index contributed by atoms with van der Waals surface area (Å²) in [6.07, 6.45) is 7.04. The molecule has 2 aliphatic rings. The summed E-state index contributed by atoms with van der Waals surface area (Å²) in [5.74, 6) is 0.575. The van der Waals surface area contributed by atoms with Gasteiger partial charge in [0.2, 0.25) is 0 Å². The fourth-order valence-electron chi connectivity index (χ4n) is 2.78. The molecular formula is C14H22N2OS. The second-order valence-corrected chi connectivity index (χ2v) is 6.84. The summed E-state index contributed by atoms with van der Waals surface area (Å²) in [5.41, 5.74) is 0.0719. The molecule has 1 aliphatic heterocycles. The van der Waals surface area contributed by atoms with Gasteiger partial charge in [-0.1, -0.05) is 13.8 Å². The predicted molar refractivity (Wildman–Crippen MR) is 73.8 cm³/mol. The molecule has 0 aromatic carbocycles. The number of ether oxygens (including phenoxy) is 1. The number of rotatable bonds is 4. The van der Waals surface area contributed by atoms with Crippen molar-refractivity contribution >= 4 is 11.3 Å². The van der Waals surface area contributed by atoms with Crippen LogP contribution in [-0.2, 0) is 10.3 Å². The van der Waals surface area contributed by atoms with E-state index in [1.807, 2.05) is 6.20 Å². The minimum Gasteiger partial charge on any atom is -0.378 e. The highest BCUT2D eigenvalue weighted by Gasteiger charge is 2.44. The fourth-order valence-corrected chi connectivity index (χ4v) is 3.62. The van der Waals surface area contributed by atoms with Crippen LogP contribution in [0.4, 0.5) is 0 Å². The molecule has 1 N–H and O–H groups in total. The molecule has 18 heavy (non-hydrogen) atoms. The topological polar surface area (TPSA) is 34.2 Å². The first-order valence-corrected chi connectivity index (χ1v) is 7.87. The monoisotopic (exact) mass is 266 g/mol. The third-order valence-corrected chi connectivity index (χ3v) is 5.03. The fraction of sp³-hybridized carbons (Fsp3) is 0.786. The smallest absolute Gasteiger partial charge is 0.113 e. The maximum atomic E-state index is 5.93. The van der Waals surface area contributed by atoms with E-state index in [1.54, 1.807) is 11.3 Å². The lowest BCUT2D eigenvalue weighted by Crippen LogP contribution is -2.51. The molecule has 2 heterocycles. The van der Waals surface area contributed by atoms with Crippen molar-refractivity contribution < 1.29 is 4.74 Å². The van der Waals surface area contributed by atoms with Crippen molar-refractivity contribution in [2.75, 3.05) is 6.61 Å². The first kappa shape index (κ1) is 12.6. The maximum absolute atomic E-state index is 5.93. The van der Waals surface area contributed by atoms with Gasteiger partial charge in [0, 0.05) is 24.2 Å². The summed E-state index contributed by atoms with van der Waals surface area (Å²) in [5, 5.41) is 7.20. The Morgan fingerprint density at radius 3 is 2.94 bits per heavy atom. The molecule has 0 amide bonds. The van der Waals surface area contributed by atoms with Gasteiger partial charge in [0.1, 0.15) is 5.01 Å². The Labute approximate surface area is 113 Å². The van der Waals surface area contributed by atoms with Crippen molar-refractivity contribution in [3.05, 3.63) is 16.6 Å². The van der Waals surface area contributed by atoms with E-state index in [0.717, 1.165) is 19.4 Å². The molecule has 0 spiro atoms. The van der Waals surface area contributed by atoms with Gasteiger partial charge < -0.3 is 10.1 Å². The van der Waals surface area contributed by atoms with Crippen LogP contribution in [0, 0.1) is 5.92 Å². The molecule has 0 bridgehead atoms. The van der Waals surface area contributed by atoms with Gasteiger partial charge in [-0.2, -0.15) is 0 Å². The zero-order valence-corrected chi connectivity index (χ0v) is 12.0. The van der Waals surface area contributed by atoms with Crippen molar-refractivity contribution in [2.45, 2.75) is 57.2 Å². The first-order chi connectivity index (χ1) is 8.70. The van der Waals surface area contributed by atoms with Crippen LogP contribution < -0.4 is 5.32 Å². The summed E-state index contributed by atoms with van der Waals surface area (Å²) in [7, 11) is 0. The second kappa shape index (κ2) is 4.91. The summed E-state index contributed by atoms with van der Waals surface area (Å²) in [6.45, 7) is 5.35. The molecule has 2 fully saturated rings. The van der Waals surface area contributed by atoms with Gasteiger partial charge in [-0.15, -0.1) is 11.3 Å². The van der Waals surface area contributed by atoms with Crippen molar-refractivity contribution in [1.82, 2.24) is 10.3 Å². The van der Waals surface area contributed by atoms with Crippen LogP contribution >= 0.6 is 11.3 Å². The normalized spacial score (nSPS) is 32.9. The molecular weight excluding hydrogens is 244 g/mol. The van der Waals surface area contributed by atoms with E-state index in [4.69, 9.17) is 4.74 Å². The molecule has 1 aromatic heterocycles. The van der Waals surface area contributed by atoms with Crippen LogP contribution in [0.1, 0.15) is 44.5 Å². The molecule has 2 unspecified atom stereocenters. The first-order valence-electron chi connectivity index (χ1n) is 6.99. The molecule has 1 saturated carbocycles. The Morgan fingerprint density at radius 2 is 2.33 bits per heavy atom. The Kier molecular flexibility index (Phi) is 3.43. The molecule has 1 saturated heterocycles. The van der Waals surface area contributed by atoms with Crippen molar-refractivity contribution in [3.63, 3.8) is 0 Å². The maximum Gasteiger partial charge on any atom is 0.113 e. The quantitative estimate of drug-likeness (QED) is 0.910. The van der Waals surface area contributed by atoms with Gasteiger partial charge in [0.15, 0.2) is 0 Å². The lowest BCUT2D eigenvalue weighted by molar-refractivity contribution is -0.0540. The van der Waals surface area contributed by atoms with Gasteiger partial charge in [-0.3, -0.25) is 0 Å². The Bertz CT molecular complexity index is 389. The average molecular weight is 266 g/mol. The molecule has 4 heteroatoms. The number of hydrogen-bond acceptors (Lipinski definition) is 4. The van der Waals surface area contributed by atoms with E-state index >= 15 is 0 Å². The Hall–Kier alpha value is -0.450. The van der Waals surface area contributed by atoms with Gasteiger partial charge in [-0.05, 0) is 31.6 Å². The van der Waals surface area contributed by atoms with Gasteiger partial charge in [-0.25, -0.2) is 4.98 Å². The van der Waals surface area contributed by atoms with Crippen LogP contribution in [0.2, 0.25) is 0 Å². The number of nitrogens with zero attached hydrogens (tertiary/aromatic N) is 1. The van der Waals surface area contributed by atoms with Crippen molar-refractivity contribution in [2.24, 2.45) is 5.92 Å². The molecule has 2 atom stereocenters. The van der Waals surface area contributed by atoms with E-state index in [2.05, 4.69) is 29.5 Å². The second-order valence-electron chi connectivity index (χ2n) is 5.95. The Balaban J connectivity index is 1.84. The van der Waals surface area contributed by atoms with Gasteiger partial charge in [0.25, 0.3) is 0 Å². The van der Waals surface area contributed by atoms with Crippen molar-refractivity contribution in [1.29, 1.82) is 0 Å². The largest absolute Gasteiger partial charge is 0.378 e. The standard InChI is InChI=1S/C14H22N2OS/c1-10(2)12-9-14(5-7-17-12,16-11-3-4-11)13-15-6-8-18-13/h6,8,10-12,16H,3-5,7,9H2,1-2H3. The Morgan fingerprint density at radius 1 is 1.50 bits per heavy atom. The van der Waals surface area contributed by atoms with Crippen LogP contribution in [0.3, 0.4) is 0 Å². The zero-order chi connectivity index (χ0) is 12.6. The molecule has 0 radical (unpaired) electrons. The zero-order valence-electron chi connectivity index (χ0n) is 11.2.